The summed E-state index contributed by atoms with van der Waals surface area (Å²) in [6.45, 7) is 4.45. The fraction of sp³-hybridized carbons (Fsp3) is 0.706. The normalized spacial score (nSPS) is 23.0. The standard InChI is InChI=1S/C17H26N4O3S2/c1-2-9-21-16(13-6-4-3-5-7-13)19-20-17(21)25-11-15(22)18-14-8-10-26(23,24)12-14/h2,13-14H,1,3-12H2,(H,18,22). The number of thioether (sulfide) groups is 1. The predicted octanol–water partition coefficient (Wildman–Crippen LogP) is 1.91. The largest absolute Gasteiger partial charge is 0.352 e. The smallest absolute Gasteiger partial charge is 0.230 e. The molecule has 1 saturated heterocycles. The molecular formula is C17H26N4O3S2. The summed E-state index contributed by atoms with van der Waals surface area (Å²) >= 11 is 1.34. The number of amides is 1. The molecule has 0 bridgehead atoms. The molecule has 2 aliphatic rings. The molecule has 0 aromatic carbocycles. The van der Waals surface area contributed by atoms with E-state index in [0.717, 1.165) is 23.8 Å². The second kappa shape index (κ2) is 8.56. The van der Waals surface area contributed by atoms with Gasteiger partial charge in [-0.25, -0.2) is 8.42 Å². The molecule has 0 radical (unpaired) electrons. The number of allylic oxidation sites excluding steroid dienone is 1. The minimum atomic E-state index is -2.99. The zero-order valence-corrected chi connectivity index (χ0v) is 16.5. The van der Waals surface area contributed by atoms with Crippen LogP contribution in [0.25, 0.3) is 0 Å². The van der Waals surface area contributed by atoms with Crippen molar-refractivity contribution in [1.29, 1.82) is 0 Å². The van der Waals surface area contributed by atoms with Crippen molar-refractivity contribution in [3.63, 3.8) is 0 Å². The minimum Gasteiger partial charge on any atom is -0.352 e. The number of aromatic nitrogens is 3. The quantitative estimate of drug-likeness (QED) is 0.557. The maximum absolute atomic E-state index is 12.2. The van der Waals surface area contributed by atoms with Crippen LogP contribution in [0.4, 0.5) is 0 Å². The number of hydrogen-bond acceptors (Lipinski definition) is 6. The molecule has 1 amide bonds. The molecule has 1 unspecified atom stereocenters. The van der Waals surface area contributed by atoms with Crippen molar-refractivity contribution in [2.45, 2.75) is 62.2 Å². The molecule has 1 aliphatic heterocycles. The Morgan fingerprint density at radius 3 is 2.69 bits per heavy atom. The molecule has 1 aromatic heterocycles. The van der Waals surface area contributed by atoms with E-state index in [-0.39, 0.29) is 29.2 Å². The Labute approximate surface area is 158 Å². The lowest BCUT2D eigenvalue weighted by molar-refractivity contribution is -0.119. The third-order valence-electron chi connectivity index (χ3n) is 4.96. The van der Waals surface area contributed by atoms with Gasteiger partial charge < -0.3 is 9.88 Å². The van der Waals surface area contributed by atoms with E-state index < -0.39 is 9.84 Å². The van der Waals surface area contributed by atoms with Crippen molar-refractivity contribution in [1.82, 2.24) is 20.1 Å². The lowest BCUT2D eigenvalue weighted by Crippen LogP contribution is -2.36. The van der Waals surface area contributed by atoms with Crippen molar-refractivity contribution < 1.29 is 13.2 Å². The second-order valence-corrected chi connectivity index (χ2v) is 10.2. The molecule has 1 aromatic rings. The maximum atomic E-state index is 12.2. The second-order valence-electron chi connectivity index (χ2n) is 7.03. The fourth-order valence-electron chi connectivity index (χ4n) is 3.68. The highest BCUT2D eigenvalue weighted by Crippen LogP contribution is 2.33. The van der Waals surface area contributed by atoms with Crippen molar-refractivity contribution in [3.8, 4) is 0 Å². The van der Waals surface area contributed by atoms with Gasteiger partial charge in [-0.3, -0.25) is 4.79 Å². The first kappa shape index (κ1) is 19.4. The molecule has 1 atom stereocenters. The van der Waals surface area contributed by atoms with Crippen molar-refractivity contribution in [2.24, 2.45) is 0 Å². The van der Waals surface area contributed by atoms with Gasteiger partial charge in [-0.1, -0.05) is 37.1 Å². The number of rotatable bonds is 7. The number of carbonyl (C=O) groups excluding carboxylic acids is 1. The van der Waals surface area contributed by atoms with Gasteiger partial charge in [-0.15, -0.1) is 16.8 Å². The molecular weight excluding hydrogens is 372 g/mol. The Morgan fingerprint density at radius 1 is 1.27 bits per heavy atom. The van der Waals surface area contributed by atoms with Crippen LogP contribution in [0.5, 0.6) is 0 Å². The van der Waals surface area contributed by atoms with Gasteiger partial charge in [0, 0.05) is 18.5 Å². The Morgan fingerprint density at radius 2 is 2.04 bits per heavy atom. The molecule has 26 heavy (non-hydrogen) atoms. The molecule has 0 spiro atoms. The van der Waals surface area contributed by atoms with Gasteiger partial charge in [0.2, 0.25) is 5.91 Å². The summed E-state index contributed by atoms with van der Waals surface area (Å²) in [5.74, 6) is 1.67. The summed E-state index contributed by atoms with van der Waals surface area (Å²) in [6.07, 6.45) is 8.32. The number of sulfone groups is 1. The van der Waals surface area contributed by atoms with E-state index in [1.54, 1.807) is 0 Å². The van der Waals surface area contributed by atoms with Crippen molar-refractivity contribution >= 4 is 27.5 Å². The van der Waals surface area contributed by atoms with Gasteiger partial charge in [-0.05, 0) is 19.3 Å². The van der Waals surface area contributed by atoms with Crippen LogP contribution in [0.3, 0.4) is 0 Å². The van der Waals surface area contributed by atoms with Gasteiger partial charge in [0.05, 0.1) is 17.3 Å². The number of carbonyl (C=O) groups is 1. The topological polar surface area (TPSA) is 94.0 Å². The average Bonchev–Trinajstić information content (AvgIpc) is 3.17. The van der Waals surface area contributed by atoms with E-state index >= 15 is 0 Å². The minimum absolute atomic E-state index is 0.0435. The van der Waals surface area contributed by atoms with Crippen molar-refractivity contribution in [2.75, 3.05) is 17.3 Å². The molecule has 1 N–H and O–H groups in total. The molecule has 2 fully saturated rings. The summed E-state index contributed by atoms with van der Waals surface area (Å²) in [7, 11) is -2.99. The van der Waals surface area contributed by atoms with Gasteiger partial charge in [-0.2, -0.15) is 0 Å². The molecule has 1 aliphatic carbocycles. The summed E-state index contributed by atoms with van der Waals surface area (Å²) in [4.78, 5) is 12.2. The lowest BCUT2D eigenvalue weighted by Gasteiger charge is -2.21. The van der Waals surface area contributed by atoms with Crippen LogP contribution in [0.2, 0.25) is 0 Å². The summed E-state index contributed by atoms with van der Waals surface area (Å²) in [5, 5.41) is 12.2. The number of nitrogens with one attached hydrogen (secondary N) is 1. The SMILES string of the molecule is C=CCn1c(SCC(=O)NC2CCS(=O)(=O)C2)nnc1C1CCCCC1. The summed E-state index contributed by atoms with van der Waals surface area (Å²) in [5.41, 5.74) is 0. The van der Waals surface area contributed by atoms with Crippen LogP contribution in [-0.4, -0.2) is 52.4 Å². The first-order valence-corrected chi connectivity index (χ1v) is 12.0. The summed E-state index contributed by atoms with van der Waals surface area (Å²) in [6, 6.07) is -0.267. The first-order chi connectivity index (χ1) is 12.5. The molecule has 7 nitrogen and oxygen atoms in total. The zero-order valence-electron chi connectivity index (χ0n) is 14.9. The van der Waals surface area contributed by atoms with Crippen LogP contribution in [-0.2, 0) is 21.2 Å². The molecule has 144 valence electrons. The lowest BCUT2D eigenvalue weighted by atomic mass is 9.89. The van der Waals surface area contributed by atoms with Crippen LogP contribution in [0.1, 0.15) is 50.3 Å². The van der Waals surface area contributed by atoms with Crippen LogP contribution in [0.15, 0.2) is 17.8 Å². The Balaban J connectivity index is 1.59. The van der Waals surface area contributed by atoms with E-state index in [4.69, 9.17) is 0 Å². The van der Waals surface area contributed by atoms with Gasteiger partial charge in [0.25, 0.3) is 0 Å². The highest BCUT2D eigenvalue weighted by molar-refractivity contribution is 7.99. The van der Waals surface area contributed by atoms with Crippen LogP contribution < -0.4 is 5.32 Å². The van der Waals surface area contributed by atoms with E-state index in [1.807, 2.05) is 6.08 Å². The third kappa shape index (κ3) is 4.88. The average molecular weight is 399 g/mol. The monoisotopic (exact) mass is 398 g/mol. The van der Waals surface area contributed by atoms with E-state index in [1.165, 1.54) is 31.0 Å². The zero-order chi connectivity index (χ0) is 18.6. The van der Waals surface area contributed by atoms with E-state index in [2.05, 4.69) is 26.7 Å². The third-order valence-corrected chi connectivity index (χ3v) is 7.69. The number of hydrogen-bond donors (Lipinski definition) is 1. The fourth-order valence-corrected chi connectivity index (χ4v) is 6.12. The Kier molecular flexibility index (Phi) is 6.39. The molecule has 3 rings (SSSR count). The maximum Gasteiger partial charge on any atom is 0.230 e. The highest BCUT2D eigenvalue weighted by atomic mass is 32.2. The Bertz CT molecular complexity index is 754. The molecule has 1 saturated carbocycles. The Hall–Kier alpha value is -1.35. The van der Waals surface area contributed by atoms with E-state index in [9.17, 15) is 13.2 Å². The van der Waals surface area contributed by atoms with E-state index in [0.29, 0.717) is 18.9 Å². The number of nitrogens with zero attached hydrogens (tertiary/aromatic N) is 3. The van der Waals surface area contributed by atoms with Gasteiger partial charge in [0.1, 0.15) is 5.82 Å². The first-order valence-electron chi connectivity index (χ1n) is 9.15. The van der Waals surface area contributed by atoms with Crippen LogP contribution >= 0.6 is 11.8 Å². The van der Waals surface area contributed by atoms with Gasteiger partial charge >= 0.3 is 0 Å². The van der Waals surface area contributed by atoms with Crippen molar-refractivity contribution in [3.05, 3.63) is 18.5 Å². The predicted molar refractivity (Wildman–Crippen MR) is 102 cm³/mol. The molecule has 9 heteroatoms. The summed E-state index contributed by atoms with van der Waals surface area (Å²) < 4.78 is 25.0. The molecule has 2 heterocycles. The van der Waals surface area contributed by atoms with Crippen LogP contribution in [0, 0.1) is 0 Å². The highest BCUT2D eigenvalue weighted by Gasteiger charge is 2.29. The van der Waals surface area contributed by atoms with Gasteiger partial charge in [0.15, 0.2) is 15.0 Å².